The van der Waals surface area contributed by atoms with Crippen LogP contribution in [0.25, 0.3) is 10.8 Å². The van der Waals surface area contributed by atoms with Crippen molar-refractivity contribution in [1.82, 2.24) is 0 Å². The molecule has 4 heteroatoms. The van der Waals surface area contributed by atoms with Gasteiger partial charge in [-0.05, 0) is 42.8 Å². The van der Waals surface area contributed by atoms with Crippen LogP contribution in [-0.2, 0) is 10.2 Å². The zero-order chi connectivity index (χ0) is 23.4. The zero-order valence-electron chi connectivity index (χ0n) is 19.3. The molecule has 0 fully saturated rings. The van der Waals surface area contributed by atoms with E-state index in [1.807, 2.05) is 60.7 Å². The highest BCUT2D eigenvalue weighted by molar-refractivity contribution is 6.03. The minimum atomic E-state index is -0.477. The van der Waals surface area contributed by atoms with Crippen LogP contribution in [-0.4, -0.2) is 27.3 Å². The number of phenolic OH excluding ortho intramolecular Hbond substituents is 1. The second-order valence-corrected chi connectivity index (χ2v) is 9.79. The molecule has 0 bridgehead atoms. The molecule has 2 N–H and O–H groups in total. The molecule has 0 aliphatic carbocycles. The lowest BCUT2D eigenvalue weighted by atomic mass is 9.76. The maximum atomic E-state index is 14.0. The van der Waals surface area contributed by atoms with E-state index < -0.39 is 6.04 Å². The average molecular weight is 448 g/mol. The number of hydrogen-bond donors (Lipinski definition) is 2. The van der Waals surface area contributed by atoms with E-state index >= 15 is 0 Å². The molecule has 1 amide bonds. The summed E-state index contributed by atoms with van der Waals surface area (Å²) < 4.78 is 2.24. The molecule has 0 spiro atoms. The first-order valence-electron chi connectivity index (χ1n) is 11.8. The van der Waals surface area contributed by atoms with Crippen LogP contribution < -0.4 is 5.32 Å². The van der Waals surface area contributed by atoms with Crippen molar-refractivity contribution in [3.05, 3.63) is 102 Å². The molecule has 0 radical (unpaired) electrons. The third-order valence-electron chi connectivity index (χ3n) is 7.55. The van der Waals surface area contributed by atoms with Crippen LogP contribution in [0.15, 0.2) is 91.0 Å². The van der Waals surface area contributed by atoms with Gasteiger partial charge in [0.15, 0.2) is 5.71 Å². The summed E-state index contributed by atoms with van der Waals surface area (Å²) >= 11 is 0. The number of nitrogens with zero attached hydrogens (tertiary/aromatic N) is 1. The van der Waals surface area contributed by atoms with Crippen LogP contribution in [0.2, 0.25) is 0 Å². The Morgan fingerprint density at radius 3 is 2.44 bits per heavy atom. The molecule has 6 rings (SSSR count). The smallest absolute Gasteiger partial charge is 0.294 e. The maximum Gasteiger partial charge on any atom is 0.294 e. The van der Waals surface area contributed by atoms with Crippen LogP contribution in [0.5, 0.6) is 5.75 Å². The third kappa shape index (κ3) is 2.98. The number of rotatable bonds is 3. The highest BCUT2D eigenvalue weighted by Gasteiger charge is 2.58. The maximum absolute atomic E-state index is 14.0. The van der Waals surface area contributed by atoms with E-state index in [0.717, 1.165) is 27.7 Å². The number of para-hydroxylation sites is 2. The van der Waals surface area contributed by atoms with Crippen molar-refractivity contribution >= 4 is 33.8 Å². The van der Waals surface area contributed by atoms with E-state index in [1.54, 1.807) is 6.07 Å². The Bertz CT molecular complexity index is 1470. The summed E-state index contributed by atoms with van der Waals surface area (Å²) in [6.07, 6.45) is 0.704. The number of anilines is 1. The summed E-state index contributed by atoms with van der Waals surface area (Å²) in [6, 6.07) is 29.3. The fourth-order valence-electron chi connectivity index (χ4n) is 5.96. The normalized spacial score (nSPS) is 20.3. The number of aromatic hydroxyl groups is 1. The lowest BCUT2D eigenvalue weighted by molar-refractivity contribution is -0.460. The van der Waals surface area contributed by atoms with Crippen molar-refractivity contribution in [3.8, 4) is 5.75 Å². The van der Waals surface area contributed by atoms with Gasteiger partial charge < -0.3 is 10.4 Å². The fourth-order valence-corrected chi connectivity index (χ4v) is 5.96. The van der Waals surface area contributed by atoms with Crippen LogP contribution in [0.1, 0.15) is 37.3 Å². The first kappa shape index (κ1) is 20.7. The number of amides is 1. The van der Waals surface area contributed by atoms with Crippen LogP contribution in [0.4, 0.5) is 11.4 Å². The van der Waals surface area contributed by atoms with Gasteiger partial charge in [0.2, 0.25) is 11.7 Å². The Morgan fingerprint density at radius 2 is 1.62 bits per heavy atom. The van der Waals surface area contributed by atoms with Crippen molar-refractivity contribution in [2.24, 2.45) is 0 Å². The summed E-state index contributed by atoms with van der Waals surface area (Å²) in [7, 11) is 0. The molecule has 4 aromatic carbocycles. The van der Waals surface area contributed by atoms with Crippen molar-refractivity contribution < 1.29 is 14.5 Å². The zero-order valence-corrected chi connectivity index (χ0v) is 19.3. The van der Waals surface area contributed by atoms with E-state index in [4.69, 9.17) is 0 Å². The van der Waals surface area contributed by atoms with Gasteiger partial charge in [0.05, 0.1) is 11.3 Å². The monoisotopic (exact) mass is 447 g/mol. The molecule has 0 unspecified atom stereocenters. The summed E-state index contributed by atoms with van der Waals surface area (Å²) in [6.45, 7) is 4.47. The number of fused-ring (bicyclic) bond motifs is 3. The molecule has 168 valence electrons. The van der Waals surface area contributed by atoms with Gasteiger partial charge >= 0.3 is 0 Å². The Labute approximate surface area is 199 Å². The first-order chi connectivity index (χ1) is 16.5. The molecule has 0 aromatic heterocycles. The average Bonchev–Trinajstić information content (AvgIpc) is 3.34. The minimum Gasteiger partial charge on any atom is -0.508 e. The molecular weight excluding hydrogens is 420 g/mol. The molecule has 0 saturated carbocycles. The number of carbonyl (C=O) groups excluding carboxylic acids is 1. The Kier molecular flexibility index (Phi) is 4.59. The molecule has 2 aliphatic heterocycles. The minimum absolute atomic E-state index is 0.0639. The molecule has 34 heavy (non-hydrogen) atoms. The van der Waals surface area contributed by atoms with Gasteiger partial charge in [-0.1, -0.05) is 66.7 Å². The summed E-state index contributed by atoms with van der Waals surface area (Å²) in [5, 5.41) is 16.3. The van der Waals surface area contributed by atoms with Gasteiger partial charge in [0.25, 0.3) is 5.91 Å². The second-order valence-electron chi connectivity index (χ2n) is 9.79. The molecular formula is C30H27N2O2+. The molecule has 4 aromatic rings. The lowest BCUT2D eigenvalue weighted by Crippen LogP contribution is -2.37. The molecule has 2 aliphatic rings. The van der Waals surface area contributed by atoms with Gasteiger partial charge in [-0.25, -0.2) is 0 Å². The Balaban J connectivity index is 1.54. The highest BCUT2D eigenvalue weighted by Crippen LogP contribution is 2.51. The first-order valence-corrected chi connectivity index (χ1v) is 11.8. The van der Waals surface area contributed by atoms with Crippen molar-refractivity contribution in [1.29, 1.82) is 0 Å². The van der Waals surface area contributed by atoms with Crippen LogP contribution >= 0.6 is 0 Å². The number of hydrogen-bond acceptors (Lipinski definition) is 2. The van der Waals surface area contributed by atoms with Crippen molar-refractivity contribution in [3.63, 3.8) is 0 Å². The van der Waals surface area contributed by atoms with E-state index in [2.05, 4.69) is 48.0 Å². The lowest BCUT2D eigenvalue weighted by Gasteiger charge is -2.22. The van der Waals surface area contributed by atoms with Gasteiger partial charge in [-0.3, -0.25) is 4.79 Å². The number of carbonyl (C=O) groups is 1. The largest absolute Gasteiger partial charge is 0.508 e. The summed E-state index contributed by atoms with van der Waals surface area (Å²) in [5.41, 5.74) is 4.96. The van der Waals surface area contributed by atoms with E-state index in [1.165, 1.54) is 11.3 Å². The van der Waals surface area contributed by atoms with Gasteiger partial charge in [0.1, 0.15) is 5.75 Å². The quantitative estimate of drug-likeness (QED) is 0.372. The third-order valence-corrected chi connectivity index (χ3v) is 7.55. The van der Waals surface area contributed by atoms with Gasteiger partial charge in [0, 0.05) is 29.3 Å². The molecule has 2 atom stereocenters. The Morgan fingerprint density at radius 1 is 0.912 bits per heavy atom. The topological polar surface area (TPSA) is 52.3 Å². The summed E-state index contributed by atoms with van der Waals surface area (Å²) in [5.74, 6) is -0.00226. The van der Waals surface area contributed by atoms with E-state index in [-0.39, 0.29) is 23.0 Å². The summed E-state index contributed by atoms with van der Waals surface area (Å²) in [4.78, 5) is 14.0. The number of benzene rings is 4. The number of nitrogens with one attached hydrogen (secondary N) is 1. The van der Waals surface area contributed by atoms with Crippen molar-refractivity contribution in [2.75, 3.05) is 5.32 Å². The van der Waals surface area contributed by atoms with Crippen LogP contribution in [0.3, 0.4) is 0 Å². The SMILES string of the molecule is CC1(C)C2=[N+](c3ccccc31)[C@@H](C(=O)Nc1ccccc1)[C@H](c1c(O)ccc3ccccc13)C2. The highest BCUT2D eigenvalue weighted by atomic mass is 16.3. The van der Waals surface area contributed by atoms with E-state index in [0.29, 0.717) is 6.42 Å². The van der Waals surface area contributed by atoms with Gasteiger partial charge in [-0.2, -0.15) is 4.58 Å². The Hall–Kier alpha value is -3.92. The predicted octanol–water partition coefficient (Wildman–Crippen LogP) is 6.12. The van der Waals surface area contributed by atoms with Gasteiger partial charge in [-0.15, -0.1) is 0 Å². The molecule has 4 nitrogen and oxygen atoms in total. The van der Waals surface area contributed by atoms with Crippen molar-refractivity contribution in [2.45, 2.75) is 37.6 Å². The molecule has 0 saturated heterocycles. The van der Waals surface area contributed by atoms with E-state index in [9.17, 15) is 9.90 Å². The van der Waals surface area contributed by atoms with Crippen LogP contribution in [0, 0.1) is 0 Å². The fraction of sp³-hybridized carbons (Fsp3) is 0.200. The number of phenols is 1. The molecule has 2 heterocycles. The second kappa shape index (κ2) is 7.56. The predicted molar refractivity (Wildman–Crippen MR) is 136 cm³/mol. The standard InChI is InChI=1S/C30H26N2O2/c1-30(2)23-14-8-9-15-24(23)32-26(30)18-22(28(32)29(34)31-20-11-4-3-5-12-20)27-21-13-7-6-10-19(21)16-17-25(27)33/h3-17,22,28H,18H2,1-2H3,(H-,31,33,34)/p+1/t22-,28+/m0/s1.